The maximum absolute atomic E-state index is 12.2. The van der Waals surface area contributed by atoms with E-state index in [1.54, 1.807) is 0 Å². The Hall–Kier alpha value is -1.88. The Morgan fingerprint density at radius 2 is 1.76 bits per heavy atom. The second-order valence-electron chi connectivity index (χ2n) is 5.48. The van der Waals surface area contributed by atoms with E-state index >= 15 is 0 Å². The van der Waals surface area contributed by atoms with Crippen LogP contribution in [-0.2, 0) is 23.8 Å². The Bertz CT molecular complexity index is 539. The van der Waals surface area contributed by atoms with Gasteiger partial charge in [0.05, 0.1) is 26.9 Å². The van der Waals surface area contributed by atoms with E-state index in [1.807, 2.05) is 6.92 Å². The SMILES string of the molecule is C=C1CC(C(=O)OC)(C(=O)OC)CC2=C1C(=C)C(C)OC2. The highest BCUT2D eigenvalue weighted by molar-refractivity contribution is 6.01. The third-order valence-corrected chi connectivity index (χ3v) is 4.21. The highest BCUT2D eigenvalue weighted by atomic mass is 16.5. The lowest BCUT2D eigenvalue weighted by atomic mass is 9.67. The van der Waals surface area contributed by atoms with Crippen molar-refractivity contribution in [3.05, 3.63) is 35.5 Å². The molecular weight excluding hydrogens is 272 g/mol. The van der Waals surface area contributed by atoms with Crippen LogP contribution >= 0.6 is 0 Å². The quantitative estimate of drug-likeness (QED) is 0.575. The molecule has 5 heteroatoms. The van der Waals surface area contributed by atoms with Gasteiger partial charge in [-0.05, 0) is 42.1 Å². The van der Waals surface area contributed by atoms with Gasteiger partial charge in [0.25, 0.3) is 0 Å². The van der Waals surface area contributed by atoms with Crippen LogP contribution in [0.25, 0.3) is 0 Å². The van der Waals surface area contributed by atoms with E-state index in [-0.39, 0.29) is 18.9 Å². The van der Waals surface area contributed by atoms with Crippen LogP contribution in [-0.4, -0.2) is 38.9 Å². The zero-order valence-electron chi connectivity index (χ0n) is 12.7. The number of ether oxygens (including phenoxy) is 3. The smallest absolute Gasteiger partial charge is 0.323 e. The van der Waals surface area contributed by atoms with E-state index in [4.69, 9.17) is 14.2 Å². The van der Waals surface area contributed by atoms with Crippen LogP contribution in [0.4, 0.5) is 0 Å². The van der Waals surface area contributed by atoms with Gasteiger partial charge in [-0.2, -0.15) is 0 Å². The molecule has 2 rings (SSSR count). The molecule has 1 aliphatic carbocycles. The van der Waals surface area contributed by atoms with Gasteiger partial charge in [-0.15, -0.1) is 0 Å². The number of carbonyl (C=O) groups excluding carboxylic acids is 2. The third kappa shape index (κ3) is 2.31. The van der Waals surface area contributed by atoms with E-state index in [9.17, 15) is 9.59 Å². The second-order valence-corrected chi connectivity index (χ2v) is 5.48. The average molecular weight is 292 g/mol. The summed E-state index contributed by atoms with van der Waals surface area (Å²) in [7, 11) is 2.52. The molecule has 0 aromatic heterocycles. The van der Waals surface area contributed by atoms with Crippen LogP contribution < -0.4 is 0 Å². The van der Waals surface area contributed by atoms with Crippen molar-refractivity contribution in [2.75, 3.05) is 20.8 Å². The number of methoxy groups -OCH3 is 2. The summed E-state index contributed by atoms with van der Waals surface area (Å²) in [4.78, 5) is 24.4. The van der Waals surface area contributed by atoms with E-state index in [0.717, 1.165) is 16.7 Å². The van der Waals surface area contributed by atoms with Crippen molar-refractivity contribution in [2.45, 2.75) is 25.9 Å². The molecule has 2 aliphatic rings. The molecule has 0 N–H and O–H groups in total. The van der Waals surface area contributed by atoms with Gasteiger partial charge in [-0.1, -0.05) is 13.2 Å². The summed E-state index contributed by atoms with van der Waals surface area (Å²) in [5.41, 5.74) is 1.96. The first-order valence-electron chi connectivity index (χ1n) is 6.75. The summed E-state index contributed by atoms with van der Waals surface area (Å²) < 4.78 is 15.3. The Balaban J connectivity index is 2.50. The van der Waals surface area contributed by atoms with Crippen molar-refractivity contribution in [1.29, 1.82) is 0 Å². The fourth-order valence-electron chi connectivity index (χ4n) is 3.09. The molecule has 1 aliphatic heterocycles. The Kier molecular flexibility index (Phi) is 4.05. The molecule has 0 fully saturated rings. The molecule has 0 spiro atoms. The fourth-order valence-corrected chi connectivity index (χ4v) is 3.09. The van der Waals surface area contributed by atoms with Gasteiger partial charge < -0.3 is 14.2 Å². The molecule has 0 radical (unpaired) electrons. The fraction of sp³-hybridized carbons (Fsp3) is 0.500. The Morgan fingerprint density at radius 1 is 1.19 bits per heavy atom. The summed E-state index contributed by atoms with van der Waals surface area (Å²) in [6, 6.07) is 0. The Labute approximate surface area is 124 Å². The average Bonchev–Trinajstić information content (AvgIpc) is 2.48. The van der Waals surface area contributed by atoms with E-state index < -0.39 is 17.4 Å². The molecule has 0 saturated heterocycles. The van der Waals surface area contributed by atoms with Gasteiger partial charge in [0.15, 0.2) is 5.41 Å². The number of carbonyl (C=O) groups is 2. The topological polar surface area (TPSA) is 61.8 Å². The molecule has 1 atom stereocenters. The maximum atomic E-state index is 12.2. The first kappa shape index (κ1) is 15.5. The maximum Gasteiger partial charge on any atom is 0.323 e. The lowest BCUT2D eigenvalue weighted by molar-refractivity contribution is -0.169. The summed E-state index contributed by atoms with van der Waals surface area (Å²) in [6.07, 6.45) is 0.299. The molecule has 1 unspecified atom stereocenters. The van der Waals surface area contributed by atoms with Gasteiger partial charge in [0, 0.05) is 0 Å². The van der Waals surface area contributed by atoms with Gasteiger partial charge >= 0.3 is 11.9 Å². The van der Waals surface area contributed by atoms with Gasteiger partial charge in [-0.25, -0.2) is 0 Å². The minimum absolute atomic E-state index is 0.0933. The van der Waals surface area contributed by atoms with Crippen LogP contribution in [0.2, 0.25) is 0 Å². The number of esters is 2. The van der Waals surface area contributed by atoms with E-state index in [0.29, 0.717) is 12.2 Å². The van der Waals surface area contributed by atoms with Crippen molar-refractivity contribution in [2.24, 2.45) is 5.41 Å². The first-order valence-corrected chi connectivity index (χ1v) is 6.75. The summed E-state index contributed by atoms with van der Waals surface area (Å²) in [6.45, 7) is 10.3. The zero-order valence-corrected chi connectivity index (χ0v) is 12.7. The van der Waals surface area contributed by atoms with Crippen molar-refractivity contribution in [3.8, 4) is 0 Å². The molecule has 5 nitrogen and oxygen atoms in total. The summed E-state index contributed by atoms with van der Waals surface area (Å²) in [5, 5.41) is 0. The van der Waals surface area contributed by atoms with Gasteiger partial charge in [-0.3, -0.25) is 9.59 Å². The lowest BCUT2D eigenvalue weighted by Gasteiger charge is -2.39. The van der Waals surface area contributed by atoms with Crippen LogP contribution in [0.3, 0.4) is 0 Å². The normalized spacial score (nSPS) is 24.4. The van der Waals surface area contributed by atoms with Crippen LogP contribution in [0.15, 0.2) is 35.5 Å². The van der Waals surface area contributed by atoms with Crippen LogP contribution in [0.5, 0.6) is 0 Å². The van der Waals surface area contributed by atoms with Crippen molar-refractivity contribution < 1.29 is 23.8 Å². The van der Waals surface area contributed by atoms with Gasteiger partial charge in [0.2, 0.25) is 0 Å². The number of hydrogen-bond acceptors (Lipinski definition) is 5. The molecular formula is C16H20O5. The molecule has 0 aromatic rings. The van der Waals surface area contributed by atoms with Crippen LogP contribution in [0.1, 0.15) is 19.8 Å². The molecule has 0 bridgehead atoms. The molecule has 0 saturated carbocycles. The minimum atomic E-state index is -1.37. The minimum Gasteiger partial charge on any atom is -0.468 e. The molecule has 0 amide bonds. The predicted octanol–water partition coefficient (Wildman–Crippen LogP) is 1.94. The van der Waals surface area contributed by atoms with E-state index in [2.05, 4.69) is 13.2 Å². The third-order valence-electron chi connectivity index (χ3n) is 4.21. The van der Waals surface area contributed by atoms with Crippen molar-refractivity contribution >= 4 is 11.9 Å². The number of rotatable bonds is 2. The van der Waals surface area contributed by atoms with Crippen molar-refractivity contribution in [3.63, 3.8) is 0 Å². The monoisotopic (exact) mass is 292 g/mol. The molecule has 114 valence electrons. The van der Waals surface area contributed by atoms with Crippen molar-refractivity contribution in [1.82, 2.24) is 0 Å². The Morgan fingerprint density at radius 3 is 2.29 bits per heavy atom. The summed E-state index contributed by atoms with van der Waals surface area (Å²) in [5.74, 6) is -1.21. The zero-order chi connectivity index (χ0) is 15.8. The van der Waals surface area contributed by atoms with E-state index in [1.165, 1.54) is 14.2 Å². The van der Waals surface area contributed by atoms with Gasteiger partial charge in [0.1, 0.15) is 0 Å². The largest absolute Gasteiger partial charge is 0.468 e. The number of allylic oxidation sites excluding steroid dienone is 1. The highest BCUT2D eigenvalue weighted by Gasteiger charge is 2.52. The second kappa shape index (κ2) is 5.48. The molecule has 0 aromatic carbocycles. The first-order chi connectivity index (χ1) is 9.87. The standard InChI is InChI=1S/C16H20O5/c1-9-6-16(14(17)19-4,15(18)20-5)7-12-8-21-11(3)10(2)13(9)12/h11H,1-2,6-8H2,3-5H3. The molecule has 21 heavy (non-hydrogen) atoms. The molecule has 1 heterocycles. The van der Waals surface area contributed by atoms with Crippen LogP contribution in [0, 0.1) is 5.41 Å². The predicted molar refractivity (Wildman–Crippen MR) is 76.4 cm³/mol. The highest BCUT2D eigenvalue weighted by Crippen LogP contribution is 2.47. The lowest BCUT2D eigenvalue weighted by Crippen LogP contribution is -2.45. The number of hydrogen-bond donors (Lipinski definition) is 0. The summed E-state index contributed by atoms with van der Waals surface area (Å²) >= 11 is 0.